The SMILES string of the molecule is CC(O)(C[N+](=O)[O-])C1CCCCC1. The Labute approximate surface area is 78.1 Å². The zero-order valence-corrected chi connectivity index (χ0v) is 8.03. The predicted octanol–water partition coefficient (Wildman–Crippen LogP) is 1.59. The lowest BCUT2D eigenvalue weighted by atomic mass is 9.78. The summed E-state index contributed by atoms with van der Waals surface area (Å²) in [5.41, 5.74) is -1.11. The Hall–Kier alpha value is -0.640. The van der Waals surface area contributed by atoms with Crippen LogP contribution < -0.4 is 0 Å². The van der Waals surface area contributed by atoms with E-state index >= 15 is 0 Å². The highest BCUT2D eigenvalue weighted by atomic mass is 16.6. The lowest BCUT2D eigenvalue weighted by Gasteiger charge is -2.32. The molecule has 0 bridgehead atoms. The van der Waals surface area contributed by atoms with Crippen molar-refractivity contribution < 1.29 is 10.0 Å². The molecule has 0 heterocycles. The molecule has 0 aromatic carbocycles. The van der Waals surface area contributed by atoms with Crippen LogP contribution in [0.4, 0.5) is 0 Å². The average molecular weight is 187 g/mol. The van der Waals surface area contributed by atoms with Gasteiger partial charge in [0.1, 0.15) is 5.60 Å². The van der Waals surface area contributed by atoms with Crippen molar-refractivity contribution in [3.05, 3.63) is 10.1 Å². The zero-order chi connectivity index (χ0) is 9.90. The highest BCUT2D eigenvalue weighted by Gasteiger charge is 2.37. The Morgan fingerprint density at radius 1 is 1.46 bits per heavy atom. The summed E-state index contributed by atoms with van der Waals surface area (Å²) >= 11 is 0. The van der Waals surface area contributed by atoms with Gasteiger partial charge in [-0.25, -0.2) is 0 Å². The maximum atomic E-state index is 10.3. The summed E-state index contributed by atoms with van der Waals surface area (Å²) in [6.45, 7) is 1.27. The maximum absolute atomic E-state index is 10.3. The van der Waals surface area contributed by atoms with Crippen molar-refractivity contribution >= 4 is 0 Å². The molecule has 0 spiro atoms. The van der Waals surface area contributed by atoms with Crippen LogP contribution in [0.15, 0.2) is 0 Å². The van der Waals surface area contributed by atoms with Crippen molar-refractivity contribution in [2.45, 2.75) is 44.6 Å². The topological polar surface area (TPSA) is 63.4 Å². The summed E-state index contributed by atoms with van der Waals surface area (Å²) in [4.78, 5) is 9.88. The Kier molecular flexibility index (Phi) is 3.25. The van der Waals surface area contributed by atoms with E-state index in [9.17, 15) is 15.2 Å². The molecule has 1 saturated carbocycles. The smallest absolute Gasteiger partial charge is 0.232 e. The van der Waals surface area contributed by atoms with Crippen molar-refractivity contribution in [1.29, 1.82) is 0 Å². The lowest BCUT2D eigenvalue weighted by molar-refractivity contribution is -0.502. The fourth-order valence-corrected chi connectivity index (χ4v) is 2.11. The molecule has 1 N–H and O–H groups in total. The molecule has 1 fully saturated rings. The monoisotopic (exact) mass is 187 g/mol. The number of nitro groups is 1. The van der Waals surface area contributed by atoms with Gasteiger partial charge in [-0.2, -0.15) is 0 Å². The van der Waals surface area contributed by atoms with E-state index in [1.165, 1.54) is 6.42 Å². The Bertz CT molecular complexity index is 185. The second-order valence-electron chi connectivity index (χ2n) is 4.18. The first-order valence-electron chi connectivity index (χ1n) is 4.86. The molecule has 0 saturated heterocycles. The van der Waals surface area contributed by atoms with Crippen LogP contribution in [0, 0.1) is 16.0 Å². The number of aliphatic hydroxyl groups is 1. The largest absolute Gasteiger partial charge is 0.383 e. The fraction of sp³-hybridized carbons (Fsp3) is 1.00. The number of nitrogens with zero attached hydrogens (tertiary/aromatic N) is 1. The summed E-state index contributed by atoms with van der Waals surface area (Å²) in [6, 6.07) is 0. The van der Waals surface area contributed by atoms with E-state index in [2.05, 4.69) is 0 Å². The molecule has 1 atom stereocenters. The van der Waals surface area contributed by atoms with Crippen molar-refractivity contribution in [3.63, 3.8) is 0 Å². The minimum Gasteiger partial charge on any atom is -0.383 e. The minimum atomic E-state index is -1.11. The van der Waals surface area contributed by atoms with Gasteiger partial charge >= 0.3 is 0 Å². The molecule has 0 amide bonds. The number of hydrogen-bond donors (Lipinski definition) is 1. The van der Waals surface area contributed by atoms with Gasteiger partial charge in [0.05, 0.1) is 0 Å². The first kappa shape index (κ1) is 10.4. The molecule has 0 aliphatic heterocycles. The van der Waals surface area contributed by atoms with Crippen LogP contribution in [0.5, 0.6) is 0 Å². The molecule has 1 aliphatic rings. The van der Waals surface area contributed by atoms with Crippen LogP contribution in [0.3, 0.4) is 0 Å². The average Bonchev–Trinajstić information content (AvgIpc) is 2.04. The molecule has 76 valence electrons. The summed E-state index contributed by atoms with van der Waals surface area (Å²) in [7, 11) is 0. The van der Waals surface area contributed by atoms with Crippen molar-refractivity contribution in [2.24, 2.45) is 5.92 Å². The van der Waals surface area contributed by atoms with E-state index in [0.29, 0.717) is 0 Å². The molecular weight excluding hydrogens is 170 g/mol. The molecule has 13 heavy (non-hydrogen) atoms. The first-order valence-corrected chi connectivity index (χ1v) is 4.86. The second-order valence-corrected chi connectivity index (χ2v) is 4.18. The number of rotatable bonds is 3. The summed E-state index contributed by atoms with van der Waals surface area (Å²) in [5, 5.41) is 20.2. The molecule has 1 rings (SSSR count). The molecule has 4 nitrogen and oxygen atoms in total. The Morgan fingerprint density at radius 2 is 2.00 bits per heavy atom. The minimum absolute atomic E-state index is 0.117. The Balaban J connectivity index is 2.50. The zero-order valence-electron chi connectivity index (χ0n) is 8.03. The van der Waals surface area contributed by atoms with Crippen LogP contribution >= 0.6 is 0 Å². The lowest BCUT2D eigenvalue weighted by Crippen LogP contribution is -2.42. The molecule has 0 aromatic heterocycles. The molecule has 0 radical (unpaired) electrons. The highest BCUT2D eigenvalue weighted by Crippen LogP contribution is 2.32. The predicted molar refractivity (Wildman–Crippen MR) is 49.1 cm³/mol. The van der Waals surface area contributed by atoms with Gasteiger partial charge in [-0.15, -0.1) is 0 Å². The van der Waals surface area contributed by atoms with Crippen molar-refractivity contribution in [1.82, 2.24) is 0 Å². The molecular formula is C9H17NO3. The molecule has 1 unspecified atom stereocenters. The highest BCUT2D eigenvalue weighted by molar-refractivity contribution is 4.83. The van der Waals surface area contributed by atoms with Gasteiger partial charge in [0.15, 0.2) is 0 Å². The van der Waals surface area contributed by atoms with Gasteiger partial charge in [0, 0.05) is 4.92 Å². The third-order valence-corrected chi connectivity index (χ3v) is 2.93. The molecule has 1 aliphatic carbocycles. The summed E-state index contributed by atoms with van der Waals surface area (Å²) in [5.74, 6) is 0.117. The molecule has 0 aromatic rings. The maximum Gasteiger partial charge on any atom is 0.232 e. The van der Waals surface area contributed by atoms with Crippen LogP contribution in [0.25, 0.3) is 0 Å². The Morgan fingerprint density at radius 3 is 2.46 bits per heavy atom. The van der Waals surface area contributed by atoms with Crippen LogP contribution in [-0.4, -0.2) is 22.2 Å². The van der Waals surface area contributed by atoms with Gasteiger partial charge in [-0.3, -0.25) is 10.1 Å². The normalized spacial score (nSPS) is 23.8. The van der Waals surface area contributed by atoms with Gasteiger partial charge in [-0.1, -0.05) is 19.3 Å². The van der Waals surface area contributed by atoms with Gasteiger partial charge in [0.25, 0.3) is 0 Å². The van der Waals surface area contributed by atoms with Gasteiger partial charge < -0.3 is 5.11 Å². The third-order valence-electron chi connectivity index (χ3n) is 2.93. The summed E-state index contributed by atoms with van der Waals surface area (Å²) in [6.07, 6.45) is 5.25. The van der Waals surface area contributed by atoms with E-state index in [4.69, 9.17) is 0 Å². The number of hydrogen-bond acceptors (Lipinski definition) is 3. The van der Waals surface area contributed by atoms with E-state index < -0.39 is 10.5 Å². The van der Waals surface area contributed by atoms with Crippen molar-refractivity contribution in [3.8, 4) is 0 Å². The van der Waals surface area contributed by atoms with E-state index in [1.807, 2.05) is 0 Å². The standard InChI is InChI=1S/C9H17NO3/c1-9(11,7-10(12)13)8-5-3-2-4-6-8/h8,11H,2-7H2,1H3. The third kappa shape index (κ3) is 2.95. The van der Waals surface area contributed by atoms with Crippen LogP contribution in [0.2, 0.25) is 0 Å². The summed E-state index contributed by atoms with van der Waals surface area (Å²) < 4.78 is 0. The van der Waals surface area contributed by atoms with Crippen LogP contribution in [0.1, 0.15) is 39.0 Å². The van der Waals surface area contributed by atoms with E-state index in [-0.39, 0.29) is 12.5 Å². The van der Waals surface area contributed by atoms with Crippen LogP contribution in [-0.2, 0) is 0 Å². The van der Waals surface area contributed by atoms with E-state index in [1.54, 1.807) is 6.92 Å². The van der Waals surface area contributed by atoms with E-state index in [0.717, 1.165) is 25.7 Å². The molecule has 4 heteroatoms. The quantitative estimate of drug-likeness (QED) is 0.539. The van der Waals surface area contributed by atoms with Crippen molar-refractivity contribution in [2.75, 3.05) is 6.54 Å². The first-order chi connectivity index (χ1) is 6.02. The van der Waals surface area contributed by atoms with Gasteiger partial charge in [-0.05, 0) is 25.7 Å². The fourth-order valence-electron chi connectivity index (χ4n) is 2.11. The van der Waals surface area contributed by atoms with Gasteiger partial charge in [0.2, 0.25) is 6.54 Å². The second kappa shape index (κ2) is 4.05.